The van der Waals surface area contributed by atoms with Crippen LogP contribution in [-0.4, -0.2) is 34.8 Å². The first-order valence-corrected chi connectivity index (χ1v) is 7.48. The van der Waals surface area contributed by atoms with Gasteiger partial charge in [-0.15, -0.1) is 6.58 Å². The van der Waals surface area contributed by atoms with Gasteiger partial charge in [-0.3, -0.25) is 4.79 Å². The van der Waals surface area contributed by atoms with Gasteiger partial charge in [0, 0.05) is 32.2 Å². The van der Waals surface area contributed by atoms with Crippen molar-refractivity contribution >= 4 is 5.97 Å². The standard InChI is InChI=1S/C16H22N2O5/c1-4-11-5-7-16(8-6-11,13(19)20)12-9-17-14(21)18(10-12)15(22-2)23-3/h4,9-11,15H,1,5-8H2,2-3H3,(H,19,20). The third-order valence-electron chi connectivity index (χ3n) is 4.62. The highest BCUT2D eigenvalue weighted by atomic mass is 16.7. The van der Waals surface area contributed by atoms with Gasteiger partial charge in [-0.1, -0.05) is 6.08 Å². The molecule has 1 saturated carbocycles. The molecule has 2 rings (SSSR count). The first-order valence-electron chi connectivity index (χ1n) is 7.48. The normalized spacial score (nSPS) is 24.6. The Morgan fingerprint density at radius 1 is 1.48 bits per heavy atom. The molecule has 1 N–H and O–H groups in total. The van der Waals surface area contributed by atoms with E-state index in [2.05, 4.69) is 11.6 Å². The zero-order chi connectivity index (χ0) is 17.0. The molecule has 0 saturated heterocycles. The molecular formula is C16H22N2O5. The van der Waals surface area contributed by atoms with Crippen LogP contribution in [0.4, 0.5) is 0 Å². The zero-order valence-electron chi connectivity index (χ0n) is 13.4. The monoisotopic (exact) mass is 322 g/mol. The molecule has 0 bridgehead atoms. The summed E-state index contributed by atoms with van der Waals surface area (Å²) >= 11 is 0. The molecule has 0 amide bonds. The molecular weight excluding hydrogens is 300 g/mol. The quantitative estimate of drug-likeness (QED) is 0.633. The van der Waals surface area contributed by atoms with Crippen LogP contribution in [0.5, 0.6) is 0 Å². The number of methoxy groups -OCH3 is 2. The Bertz CT molecular complexity index is 628. The highest BCUT2D eigenvalue weighted by Gasteiger charge is 2.43. The van der Waals surface area contributed by atoms with Crippen molar-refractivity contribution in [1.82, 2.24) is 9.55 Å². The summed E-state index contributed by atoms with van der Waals surface area (Å²) in [7, 11) is 2.80. The first-order chi connectivity index (χ1) is 11.0. The van der Waals surface area contributed by atoms with Gasteiger partial charge in [0.25, 0.3) is 0 Å². The number of carbonyl (C=O) groups is 1. The van der Waals surface area contributed by atoms with Crippen molar-refractivity contribution in [2.45, 2.75) is 37.5 Å². The number of ether oxygens (including phenoxy) is 2. The topological polar surface area (TPSA) is 90.7 Å². The molecule has 0 atom stereocenters. The minimum absolute atomic E-state index is 0.326. The molecule has 23 heavy (non-hydrogen) atoms. The van der Waals surface area contributed by atoms with E-state index in [1.807, 2.05) is 6.08 Å². The highest BCUT2D eigenvalue weighted by Crippen LogP contribution is 2.41. The van der Waals surface area contributed by atoms with E-state index < -0.39 is 23.5 Å². The molecule has 1 heterocycles. The average Bonchev–Trinajstić information content (AvgIpc) is 2.57. The maximum atomic E-state index is 12.0. The van der Waals surface area contributed by atoms with Crippen molar-refractivity contribution in [2.24, 2.45) is 5.92 Å². The molecule has 7 heteroatoms. The Morgan fingerprint density at radius 3 is 2.57 bits per heavy atom. The fraction of sp³-hybridized carbons (Fsp3) is 0.562. The Labute approximate surface area is 134 Å². The number of hydrogen-bond donors (Lipinski definition) is 1. The largest absolute Gasteiger partial charge is 0.481 e. The number of hydrogen-bond acceptors (Lipinski definition) is 5. The third kappa shape index (κ3) is 3.20. The lowest BCUT2D eigenvalue weighted by Gasteiger charge is -2.36. The third-order valence-corrected chi connectivity index (χ3v) is 4.62. The maximum absolute atomic E-state index is 12.0. The van der Waals surface area contributed by atoms with E-state index in [1.54, 1.807) is 0 Å². The lowest BCUT2D eigenvalue weighted by molar-refractivity contribution is -0.159. The summed E-state index contributed by atoms with van der Waals surface area (Å²) < 4.78 is 11.3. The zero-order valence-corrected chi connectivity index (χ0v) is 13.4. The van der Waals surface area contributed by atoms with Crippen molar-refractivity contribution in [3.05, 3.63) is 41.1 Å². The summed E-state index contributed by atoms with van der Waals surface area (Å²) in [6.45, 7) is 3.78. The van der Waals surface area contributed by atoms with Crippen LogP contribution in [-0.2, 0) is 19.7 Å². The van der Waals surface area contributed by atoms with Gasteiger partial charge in [0.2, 0.25) is 6.41 Å². The molecule has 1 aliphatic rings. The second-order valence-electron chi connectivity index (χ2n) is 5.77. The summed E-state index contributed by atoms with van der Waals surface area (Å²) in [5.74, 6) is -0.578. The van der Waals surface area contributed by atoms with Crippen LogP contribution >= 0.6 is 0 Å². The molecule has 126 valence electrons. The molecule has 0 unspecified atom stereocenters. The molecule has 7 nitrogen and oxygen atoms in total. The van der Waals surface area contributed by atoms with Gasteiger partial charge in [-0.2, -0.15) is 0 Å². The molecule has 0 aliphatic heterocycles. The number of nitrogens with zero attached hydrogens (tertiary/aromatic N) is 2. The van der Waals surface area contributed by atoms with E-state index in [4.69, 9.17) is 9.47 Å². The second kappa shape index (κ2) is 7.06. The van der Waals surface area contributed by atoms with Crippen molar-refractivity contribution < 1.29 is 19.4 Å². The van der Waals surface area contributed by atoms with E-state index in [1.165, 1.54) is 31.2 Å². The fourth-order valence-electron chi connectivity index (χ4n) is 3.15. The SMILES string of the molecule is C=CC1CCC(C(=O)O)(c2cnc(=O)n(C(OC)OC)c2)CC1. The van der Waals surface area contributed by atoms with Crippen LogP contribution < -0.4 is 5.69 Å². The van der Waals surface area contributed by atoms with E-state index in [9.17, 15) is 14.7 Å². The molecule has 0 aromatic carbocycles. The molecule has 0 spiro atoms. The van der Waals surface area contributed by atoms with Crippen molar-refractivity contribution in [1.29, 1.82) is 0 Å². The summed E-state index contributed by atoms with van der Waals surface area (Å²) in [5, 5.41) is 9.81. The van der Waals surface area contributed by atoms with Crippen molar-refractivity contribution in [3.8, 4) is 0 Å². The van der Waals surface area contributed by atoms with Gasteiger partial charge >= 0.3 is 11.7 Å². The second-order valence-corrected chi connectivity index (χ2v) is 5.77. The Hall–Kier alpha value is -1.99. The number of carboxylic acid groups (broad SMARTS) is 1. The predicted molar refractivity (Wildman–Crippen MR) is 83.0 cm³/mol. The number of aliphatic carboxylic acids is 1. The molecule has 1 aromatic rings. The summed E-state index contributed by atoms with van der Waals surface area (Å²) in [4.78, 5) is 27.7. The van der Waals surface area contributed by atoms with Gasteiger partial charge < -0.3 is 14.6 Å². The van der Waals surface area contributed by atoms with Gasteiger partial charge in [-0.05, 0) is 31.6 Å². The maximum Gasteiger partial charge on any atom is 0.351 e. The van der Waals surface area contributed by atoms with E-state index in [-0.39, 0.29) is 0 Å². The molecule has 0 radical (unpaired) electrons. The minimum atomic E-state index is -1.05. The van der Waals surface area contributed by atoms with Crippen LogP contribution in [0.1, 0.15) is 37.7 Å². The number of aromatic nitrogens is 2. The molecule has 1 aliphatic carbocycles. The highest BCUT2D eigenvalue weighted by molar-refractivity contribution is 5.81. The van der Waals surface area contributed by atoms with Gasteiger partial charge in [-0.25, -0.2) is 14.3 Å². The summed E-state index contributed by atoms with van der Waals surface area (Å²) in [5.41, 5.74) is -1.11. The predicted octanol–water partition coefficient (Wildman–Crippen LogP) is 1.69. The number of carboxylic acids is 1. The Kier molecular flexibility index (Phi) is 5.33. The number of rotatable bonds is 6. The van der Waals surface area contributed by atoms with Crippen LogP contribution in [0.3, 0.4) is 0 Å². The fourth-order valence-corrected chi connectivity index (χ4v) is 3.15. The van der Waals surface area contributed by atoms with E-state index in [0.29, 0.717) is 24.3 Å². The van der Waals surface area contributed by atoms with Gasteiger partial charge in [0.15, 0.2) is 0 Å². The number of allylic oxidation sites excluding steroid dienone is 1. The Balaban J connectivity index is 2.45. The van der Waals surface area contributed by atoms with Crippen LogP contribution in [0.2, 0.25) is 0 Å². The minimum Gasteiger partial charge on any atom is -0.481 e. The lowest BCUT2D eigenvalue weighted by atomic mass is 9.67. The van der Waals surface area contributed by atoms with Crippen molar-refractivity contribution in [2.75, 3.05) is 14.2 Å². The molecule has 1 aromatic heterocycles. The van der Waals surface area contributed by atoms with Crippen molar-refractivity contribution in [3.63, 3.8) is 0 Å². The van der Waals surface area contributed by atoms with E-state index in [0.717, 1.165) is 12.8 Å². The smallest absolute Gasteiger partial charge is 0.351 e. The van der Waals surface area contributed by atoms with Gasteiger partial charge in [0.05, 0.1) is 5.41 Å². The average molecular weight is 322 g/mol. The van der Waals surface area contributed by atoms with Crippen LogP contribution in [0.25, 0.3) is 0 Å². The summed E-state index contributed by atoms with van der Waals surface area (Å²) in [6, 6.07) is 0. The summed E-state index contributed by atoms with van der Waals surface area (Å²) in [6.07, 6.45) is 6.20. The molecule has 1 fully saturated rings. The van der Waals surface area contributed by atoms with E-state index >= 15 is 0 Å². The first kappa shape index (κ1) is 17.4. The Morgan fingerprint density at radius 2 is 2.09 bits per heavy atom. The van der Waals surface area contributed by atoms with Crippen LogP contribution in [0.15, 0.2) is 29.8 Å². The van der Waals surface area contributed by atoms with Gasteiger partial charge in [0.1, 0.15) is 0 Å². The lowest BCUT2D eigenvalue weighted by Crippen LogP contribution is -2.41. The van der Waals surface area contributed by atoms with Crippen LogP contribution in [0, 0.1) is 5.92 Å².